The van der Waals surface area contributed by atoms with E-state index >= 15 is 0 Å². The zero-order chi connectivity index (χ0) is 12.6. The van der Waals surface area contributed by atoms with Gasteiger partial charge in [0.25, 0.3) is 0 Å². The summed E-state index contributed by atoms with van der Waals surface area (Å²) >= 11 is 1.42. The molecule has 1 saturated heterocycles. The van der Waals surface area contributed by atoms with Gasteiger partial charge in [-0.25, -0.2) is 4.79 Å². The minimum absolute atomic E-state index is 0.0544. The summed E-state index contributed by atoms with van der Waals surface area (Å²) in [6.45, 7) is 0. The summed E-state index contributed by atoms with van der Waals surface area (Å²) in [4.78, 5) is 28.4. The average Bonchev–Trinajstić information content (AvgIpc) is 2.33. The van der Waals surface area contributed by atoms with Crippen LogP contribution in [0.1, 0.15) is 0 Å². The molecule has 2 rings (SSSR count). The Morgan fingerprint density at radius 3 is 3.06 bits per heavy atom. The van der Waals surface area contributed by atoms with Crippen molar-refractivity contribution in [2.45, 2.75) is 11.4 Å². The molecule has 8 heteroatoms. The quantitative estimate of drug-likeness (QED) is 0.389. The van der Waals surface area contributed by atoms with E-state index in [1.54, 1.807) is 0 Å². The SMILES string of the molecule is CON=CC1=C(C(=O)O)N2C(=O)[C@@H](N)[C@H]2SC1. The van der Waals surface area contributed by atoms with E-state index in [0.717, 1.165) is 0 Å². The van der Waals surface area contributed by atoms with E-state index in [1.165, 1.54) is 30.0 Å². The highest BCUT2D eigenvalue weighted by molar-refractivity contribution is 8.00. The summed E-state index contributed by atoms with van der Waals surface area (Å²) in [6.07, 6.45) is 1.31. The number of carboxylic acid groups (broad SMARTS) is 1. The Morgan fingerprint density at radius 1 is 1.76 bits per heavy atom. The number of nitrogens with zero attached hydrogens (tertiary/aromatic N) is 2. The molecule has 92 valence electrons. The standard InChI is InChI=1S/C9H11N3O4S/c1-16-11-2-4-3-17-8-5(10)7(13)12(8)6(4)9(14)15/h2,5,8H,3,10H2,1H3,(H,14,15)/t5-,8-/m1/s1. The van der Waals surface area contributed by atoms with Crippen LogP contribution in [0.25, 0.3) is 0 Å². The average molecular weight is 257 g/mol. The number of hydrogen-bond donors (Lipinski definition) is 2. The van der Waals surface area contributed by atoms with Crippen LogP contribution in [-0.4, -0.2) is 52.4 Å². The van der Waals surface area contributed by atoms with Crippen molar-refractivity contribution in [1.82, 2.24) is 4.90 Å². The first-order valence-electron chi connectivity index (χ1n) is 4.81. The van der Waals surface area contributed by atoms with Gasteiger partial charge in [-0.15, -0.1) is 11.8 Å². The summed E-state index contributed by atoms with van der Waals surface area (Å²) in [5.74, 6) is -1.09. The summed E-state index contributed by atoms with van der Waals surface area (Å²) in [6, 6.07) is -0.615. The van der Waals surface area contributed by atoms with E-state index in [0.29, 0.717) is 11.3 Å². The normalized spacial score (nSPS) is 28.1. The van der Waals surface area contributed by atoms with Crippen molar-refractivity contribution in [3.8, 4) is 0 Å². The van der Waals surface area contributed by atoms with Crippen molar-refractivity contribution >= 4 is 29.9 Å². The number of carbonyl (C=O) groups is 2. The smallest absolute Gasteiger partial charge is 0.353 e. The monoisotopic (exact) mass is 257 g/mol. The molecule has 0 aromatic rings. The minimum atomic E-state index is -1.16. The lowest BCUT2D eigenvalue weighted by atomic mass is 10.0. The number of thioether (sulfide) groups is 1. The molecule has 1 fully saturated rings. The van der Waals surface area contributed by atoms with E-state index in [-0.39, 0.29) is 17.0 Å². The molecule has 0 unspecified atom stereocenters. The number of aliphatic carboxylic acids is 1. The van der Waals surface area contributed by atoms with Gasteiger partial charge in [0, 0.05) is 11.3 Å². The molecule has 0 spiro atoms. The van der Waals surface area contributed by atoms with Crippen LogP contribution < -0.4 is 5.73 Å². The lowest BCUT2D eigenvalue weighted by molar-refractivity contribution is -0.147. The van der Waals surface area contributed by atoms with Crippen LogP contribution in [0.5, 0.6) is 0 Å². The first kappa shape index (κ1) is 11.9. The van der Waals surface area contributed by atoms with Gasteiger partial charge in [-0.3, -0.25) is 9.69 Å². The lowest BCUT2D eigenvalue weighted by Crippen LogP contribution is -2.68. The number of fused-ring (bicyclic) bond motifs is 1. The molecule has 0 aromatic heterocycles. The molecule has 0 saturated carbocycles. The fourth-order valence-electron chi connectivity index (χ4n) is 1.76. The Balaban J connectivity index is 2.36. The van der Waals surface area contributed by atoms with E-state index < -0.39 is 12.0 Å². The maximum atomic E-state index is 11.5. The molecule has 1 amide bonds. The van der Waals surface area contributed by atoms with Crippen LogP contribution in [0.4, 0.5) is 0 Å². The third kappa shape index (κ3) is 1.79. The van der Waals surface area contributed by atoms with Crippen LogP contribution in [0.15, 0.2) is 16.4 Å². The van der Waals surface area contributed by atoms with Crippen LogP contribution in [0.3, 0.4) is 0 Å². The number of amides is 1. The molecule has 0 bridgehead atoms. The highest BCUT2D eigenvalue weighted by Crippen LogP contribution is 2.38. The summed E-state index contributed by atoms with van der Waals surface area (Å²) in [7, 11) is 1.36. The molecule has 2 atom stereocenters. The number of nitrogens with two attached hydrogens (primary N) is 1. The van der Waals surface area contributed by atoms with Crippen LogP contribution in [0.2, 0.25) is 0 Å². The third-order valence-corrected chi connectivity index (χ3v) is 3.88. The Hall–Kier alpha value is -1.54. The van der Waals surface area contributed by atoms with Gasteiger partial charge in [0.2, 0.25) is 5.91 Å². The minimum Gasteiger partial charge on any atom is -0.477 e. The van der Waals surface area contributed by atoms with Gasteiger partial charge in [-0.1, -0.05) is 5.16 Å². The molecule has 3 N–H and O–H groups in total. The largest absolute Gasteiger partial charge is 0.477 e. The van der Waals surface area contributed by atoms with Gasteiger partial charge >= 0.3 is 5.97 Å². The van der Waals surface area contributed by atoms with E-state index in [2.05, 4.69) is 9.99 Å². The van der Waals surface area contributed by atoms with Crippen LogP contribution in [-0.2, 0) is 14.4 Å². The van der Waals surface area contributed by atoms with Crippen LogP contribution in [0, 0.1) is 0 Å². The fourth-order valence-corrected chi connectivity index (χ4v) is 3.00. The van der Waals surface area contributed by atoms with Crippen molar-refractivity contribution in [1.29, 1.82) is 0 Å². The predicted molar refractivity (Wildman–Crippen MR) is 61.2 cm³/mol. The van der Waals surface area contributed by atoms with Gasteiger partial charge in [0.15, 0.2) is 0 Å². The number of carbonyl (C=O) groups excluding carboxylic acids is 1. The van der Waals surface area contributed by atoms with Gasteiger partial charge in [-0.05, 0) is 0 Å². The molecule has 2 heterocycles. The summed E-state index contributed by atoms with van der Waals surface area (Å²) < 4.78 is 0. The van der Waals surface area contributed by atoms with Gasteiger partial charge in [-0.2, -0.15) is 0 Å². The number of carboxylic acids is 1. The molecule has 7 nitrogen and oxygen atoms in total. The first-order chi connectivity index (χ1) is 8.07. The second-order valence-electron chi connectivity index (χ2n) is 3.53. The zero-order valence-corrected chi connectivity index (χ0v) is 9.81. The van der Waals surface area contributed by atoms with Gasteiger partial charge < -0.3 is 15.7 Å². The highest BCUT2D eigenvalue weighted by atomic mass is 32.2. The molecule has 17 heavy (non-hydrogen) atoms. The predicted octanol–water partition coefficient (Wildman–Crippen LogP) is -0.800. The Bertz CT molecular complexity index is 434. The molecule has 0 aromatic carbocycles. The second-order valence-corrected chi connectivity index (χ2v) is 4.64. The first-order valence-corrected chi connectivity index (χ1v) is 5.86. The summed E-state index contributed by atoms with van der Waals surface area (Å²) in [5, 5.41) is 12.4. The van der Waals surface area contributed by atoms with Gasteiger partial charge in [0.05, 0.1) is 6.21 Å². The number of hydrogen-bond acceptors (Lipinski definition) is 6. The Labute approximate surface area is 101 Å². The Kier molecular flexibility index (Phi) is 3.07. The lowest BCUT2D eigenvalue weighted by Gasteiger charge is -2.47. The van der Waals surface area contributed by atoms with E-state index in [1.807, 2.05) is 0 Å². The zero-order valence-electron chi connectivity index (χ0n) is 8.99. The van der Waals surface area contributed by atoms with Crippen molar-refractivity contribution in [2.24, 2.45) is 10.9 Å². The maximum Gasteiger partial charge on any atom is 0.353 e. The van der Waals surface area contributed by atoms with Crippen LogP contribution >= 0.6 is 11.8 Å². The number of oxime groups is 1. The van der Waals surface area contributed by atoms with Crippen molar-refractivity contribution < 1.29 is 19.5 Å². The highest BCUT2D eigenvalue weighted by Gasteiger charge is 2.51. The number of rotatable bonds is 3. The molecule has 0 radical (unpaired) electrons. The molecule has 0 aliphatic carbocycles. The molecule has 2 aliphatic rings. The second kappa shape index (κ2) is 4.38. The van der Waals surface area contributed by atoms with Crippen molar-refractivity contribution in [3.05, 3.63) is 11.3 Å². The molecular weight excluding hydrogens is 246 g/mol. The maximum absolute atomic E-state index is 11.5. The Morgan fingerprint density at radius 2 is 2.47 bits per heavy atom. The van der Waals surface area contributed by atoms with Gasteiger partial charge in [0.1, 0.15) is 24.2 Å². The molecular formula is C9H11N3O4S. The number of β-lactam (4-membered cyclic amide) rings is 1. The molecule has 2 aliphatic heterocycles. The fraction of sp³-hybridized carbons (Fsp3) is 0.444. The van der Waals surface area contributed by atoms with E-state index in [9.17, 15) is 9.59 Å². The van der Waals surface area contributed by atoms with Crippen molar-refractivity contribution in [3.63, 3.8) is 0 Å². The topological polar surface area (TPSA) is 105 Å². The summed E-state index contributed by atoms with van der Waals surface area (Å²) in [5.41, 5.74) is 5.99. The third-order valence-electron chi connectivity index (χ3n) is 2.56. The van der Waals surface area contributed by atoms with E-state index in [4.69, 9.17) is 10.8 Å². The van der Waals surface area contributed by atoms with Crippen molar-refractivity contribution in [2.75, 3.05) is 12.9 Å².